The van der Waals surface area contributed by atoms with Crippen LogP contribution in [0.4, 0.5) is 11.4 Å². The van der Waals surface area contributed by atoms with E-state index in [0.29, 0.717) is 16.9 Å². The van der Waals surface area contributed by atoms with Gasteiger partial charge in [-0.25, -0.2) is 0 Å². The van der Waals surface area contributed by atoms with Gasteiger partial charge >= 0.3 is 0 Å². The Morgan fingerprint density at radius 3 is 2.65 bits per heavy atom. The molecule has 4 nitrogen and oxygen atoms in total. The highest BCUT2D eigenvalue weighted by molar-refractivity contribution is 6.07. The molecule has 0 aliphatic carbocycles. The zero-order valence-corrected chi connectivity index (χ0v) is 15.1. The first kappa shape index (κ1) is 17.7. The van der Waals surface area contributed by atoms with E-state index >= 15 is 0 Å². The molecule has 0 spiro atoms. The lowest BCUT2D eigenvalue weighted by atomic mass is 10.1. The van der Waals surface area contributed by atoms with Gasteiger partial charge in [0, 0.05) is 28.0 Å². The molecule has 0 aliphatic heterocycles. The largest absolute Gasteiger partial charge is 0.398 e. The summed E-state index contributed by atoms with van der Waals surface area (Å²) >= 11 is 0. The minimum Gasteiger partial charge on any atom is -0.398 e. The second-order valence-electron chi connectivity index (χ2n) is 6.38. The van der Waals surface area contributed by atoms with Gasteiger partial charge in [-0.2, -0.15) is 0 Å². The predicted octanol–water partition coefficient (Wildman–Crippen LogP) is 4.81. The maximum absolute atomic E-state index is 12.5. The highest BCUT2D eigenvalue weighted by atomic mass is 16.1. The fourth-order valence-corrected chi connectivity index (χ4v) is 2.87. The van der Waals surface area contributed by atoms with Crippen molar-refractivity contribution in [1.82, 2.24) is 4.98 Å². The molecule has 3 N–H and O–H groups in total. The number of nitrogens with one attached hydrogen (secondary N) is 1. The second-order valence-corrected chi connectivity index (χ2v) is 6.38. The summed E-state index contributed by atoms with van der Waals surface area (Å²) in [5.74, 6) is -0.137. The lowest BCUT2D eigenvalue weighted by molar-refractivity contribution is -0.112. The maximum Gasteiger partial charge on any atom is 0.251 e. The summed E-state index contributed by atoms with van der Waals surface area (Å²) in [7, 11) is 0. The standard InChI is InChI=1S/C22H23N3O/c1-3-7-17-14-20(23)19-13-18(10-11-21(19)24-17)25-22(26)15(2)12-16-8-5-4-6-9-16/h4-6,8-14H,3,7H2,1-2H3,(H2,23,24)(H,25,26)/b15-12+. The molecule has 0 fully saturated rings. The van der Waals surface area contributed by atoms with Gasteiger partial charge in [0.15, 0.2) is 0 Å². The number of aromatic nitrogens is 1. The van der Waals surface area contributed by atoms with Crippen LogP contribution in [0, 0.1) is 0 Å². The predicted molar refractivity (Wildman–Crippen MR) is 109 cm³/mol. The Bertz CT molecular complexity index is 962. The highest BCUT2D eigenvalue weighted by Crippen LogP contribution is 2.25. The minimum atomic E-state index is -0.137. The van der Waals surface area contributed by atoms with Gasteiger partial charge in [0.25, 0.3) is 5.91 Å². The normalized spacial score (nSPS) is 11.5. The molecule has 26 heavy (non-hydrogen) atoms. The van der Waals surface area contributed by atoms with Gasteiger partial charge in [0.1, 0.15) is 0 Å². The Balaban J connectivity index is 1.82. The van der Waals surface area contributed by atoms with Gasteiger partial charge in [-0.3, -0.25) is 9.78 Å². The summed E-state index contributed by atoms with van der Waals surface area (Å²) in [6.45, 7) is 3.92. The van der Waals surface area contributed by atoms with Gasteiger partial charge in [-0.15, -0.1) is 0 Å². The third kappa shape index (κ3) is 4.09. The summed E-state index contributed by atoms with van der Waals surface area (Å²) in [6.07, 6.45) is 3.80. The summed E-state index contributed by atoms with van der Waals surface area (Å²) in [5.41, 5.74) is 11.1. The van der Waals surface area contributed by atoms with Crippen molar-refractivity contribution in [3.8, 4) is 0 Å². The first-order valence-electron chi connectivity index (χ1n) is 8.80. The van der Waals surface area contributed by atoms with Crippen molar-refractivity contribution in [2.45, 2.75) is 26.7 Å². The number of carbonyl (C=O) groups is 1. The number of amides is 1. The molecule has 0 radical (unpaired) electrons. The molecule has 1 amide bonds. The lowest BCUT2D eigenvalue weighted by Gasteiger charge is -2.10. The zero-order chi connectivity index (χ0) is 18.5. The van der Waals surface area contributed by atoms with E-state index in [4.69, 9.17) is 5.73 Å². The number of nitrogen functional groups attached to an aromatic ring is 1. The molecular weight excluding hydrogens is 322 g/mol. The number of carbonyl (C=O) groups excluding carboxylic acids is 1. The van der Waals surface area contributed by atoms with E-state index in [-0.39, 0.29) is 5.91 Å². The fourth-order valence-electron chi connectivity index (χ4n) is 2.87. The molecule has 3 aromatic rings. The van der Waals surface area contributed by atoms with Crippen LogP contribution in [0.1, 0.15) is 31.5 Å². The molecular formula is C22H23N3O. The van der Waals surface area contributed by atoms with Crippen LogP contribution >= 0.6 is 0 Å². The van der Waals surface area contributed by atoms with E-state index in [0.717, 1.165) is 35.0 Å². The molecule has 0 aliphatic rings. The van der Waals surface area contributed by atoms with Crippen molar-refractivity contribution < 1.29 is 4.79 Å². The van der Waals surface area contributed by atoms with Crippen LogP contribution in [0.25, 0.3) is 17.0 Å². The quantitative estimate of drug-likeness (QED) is 0.652. The number of anilines is 2. The minimum absolute atomic E-state index is 0.137. The van der Waals surface area contributed by atoms with Crippen LogP contribution in [-0.2, 0) is 11.2 Å². The number of hydrogen-bond donors (Lipinski definition) is 2. The van der Waals surface area contributed by atoms with Crippen LogP contribution in [0.2, 0.25) is 0 Å². The van der Waals surface area contributed by atoms with Crippen molar-refractivity contribution in [3.05, 3.63) is 71.4 Å². The molecule has 0 bridgehead atoms. The SMILES string of the molecule is CCCc1cc(N)c2cc(NC(=O)/C(C)=C/c3ccccc3)ccc2n1. The Kier molecular flexibility index (Phi) is 5.32. The molecule has 1 heterocycles. The molecule has 4 heteroatoms. The van der Waals surface area contributed by atoms with Crippen molar-refractivity contribution in [2.24, 2.45) is 0 Å². The fraction of sp³-hybridized carbons (Fsp3) is 0.182. The van der Waals surface area contributed by atoms with Crippen LogP contribution in [0.5, 0.6) is 0 Å². The highest BCUT2D eigenvalue weighted by Gasteiger charge is 2.08. The van der Waals surface area contributed by atoms with E-state index in [2.05, 4.69) is 17.2 Å². The Morgan fingerprint density at radius 1 is 1.15 bits per heavy atom. The third-order valence-corrected chi connectivity index (χ3v) is 4.20. The smallest absolute Gasteiger partial charge is 0.251 e. The second kappa shape index (κ2) is 7.83. The molecule has 132 valence electrons. The summed E-state index contributed by atoms with van der Waals surface area (Å²) in [5, 5.41) is 3.78. The third-order valence-electron chi connectivity index (χ3n) is 4.20. The van der Waals surface area contributed by atoms with Gasteiger partial charge in [-0.1, -0.05) is 43.7 Å². The molecule has 0 saturated carbocycles. The number of aryl methyl sites for hydroxylation is 1. The number of pyridine rings is 1. The number of hydrogen-bond acceptors (Lipinski definition) is 3. The molecule has 2 aromatic carbocycles. The number of benzene rings is 2. The van der Waals surface area contributed by atoms with Crippen LogP contribution < -0.4 is 11.1 Å². The van der Waals surface area contributed by atoms with Crippen molar-refractivity contribution in [3.63, 3.8) is 0 Å². The Morgan fingerprint density at radius 2 is 1.92 bits per heavy atom. The average Bonchev–Trinajstić information content (AvgIpc) is 2.63. The maximum atomic E-state index is 12.5. The number of rotatable bonds is 5. The molecule has 0 atom stereocenters. The van der Waals surface area contributed by atoms with E-state index in [9.17, 15) is 4.79 Å². The van der Waals surface area contributed by atoms with Crippen molar-refractivity contribution in [2.75, 3.05) is 11.1 Å². The molecule has 1 aromatic heterocycles. The van der Waals surface area contributed by atoms with Crippen molar-refractivity contribution in [1.29, 1.82) is 0 Å². The Hall–Kier alpha value is -3.14. The number of nitrogens with two attached hydrogens (primary N) is 1. The summed E-state index contributed by atoms with van der Waals surface area (Å²) in [4.78, 5) is 17.1. The topological polar surface area (TPSA) is 68.0 Å². The Labute approximate surface area is 153 Å². The first-order chi connectivity index (χ1) is 12.6. The van der Waals surface area contributed by atoms with Gasteiger partial charge in [0.2, 0.25) is 0 Å². The summed E-state index contributed by atoms with van der Waals surface area (Å²) in [6, 6.07) is 17.3. The van der Waals surface area contributed by atoms with Gasteiger partial charge < -0.3 is 11.1 Å². The van der Waals surface area contributed by atoms with E-state index in [1.807, 2.05) is 60.7 Å². The van der Waals surface area contributed by atoms with Crippen LogP contribution in [0.3, 0.4) is 0 Å². The van der Waals surface area contributed by atoms with E-state index in [1.165, 1.54) is 0 Å². The first-order valence-corrected chi connectivity index (χ1v) is 8.80. The van der Waals surface area contributed by atoms with Gasteiger partial charge in [-0.05, 0) is 49.2 Å². The molecule has 3 rings (SSSR count). The summed E-state index contributed by atoms with van der Waals surface area (Å²) < 4.78 is 0. The lowest BCUT2D eigenvalue weighted by Crippen LogP contribution is -2.12. The van der Waals surface area contributed by atoms with Crippen molar-refractivity contribution >= 4 is 34.3 Å². The number of nitrogens with zero attached hydrogens (tertiary/aromatic N) is 1. The van der Waals surface area contributed by atoms with E-state index < -0.39 is 0 Å². The monoisotopic (exact) mass is 345 g/mol. The van der Waals surface area contributed by atoms with Gasteiger partial charge in [0.05, 0.1) is 5.52 Å². The van der Waals surface area contributed by atoms with E-state index in [1.54, 1.807) is 6.92 Å². The average molecular weight is 345 g/mol. The van der Waals surface area contributed by atoms with Crippen LogP contribution in [0.15, 0.2) is 60.2 Å². The van der Waals surface area contributed by atoms with Crippen LogP contribution in [-0.4, -0.2) is 10.9 Å². The molecule has 0 unspecified atom stereocenters. The molecule has 0 saturated heterocycles. The number of fused-ring (bicyclic) bond motifs is 1. The zero-order valence-electron chi connectivity index (χ0n) is 15.1.